The molecule has 0 aliphatic carbocycles. The summed E-state index contributed by atoms with van der Waals surface area (Å²) in [6.45, 7) is 0.447. The smallest absolute Gasteiger partial charge is 0.287 e. The average molecular weight is 364 g/mol. The molecule has 3 nitrogen and oxygen atoms in total. The number of carbonyl (C=O) groups is 1. The van der Waals surface area contributed by atoms with E-state index in [4.69, 9.17) is 16.0 Å². The van der Waals surface area contributed by atoms with E-state index in [2.05, 4.69) is 5.32 Å². The van der Waals surface area contributed by atoms with Gasteiger partial charge >= 0.3 is 0 Å². The van der Waals surface area contributed by atoms with Crippen molar-refractivity contribution in [2.75, 3.05) is 0 Å². The number of furan rings is 1. The molecule has 0 unspecified atom stereocenters. The molecule has 0 atom stereocenters. The van der Waals surface area contributed by atoms with Crippen LogP contribution in [0, 0.1) is 0 Å². The van der Waals surface area contributed by atoms with E-state index in [9.17, 15) is 4.79 Å². The molecule has 6 heteroatoms. The molecule has 0 aliphatic rings. The first-order chi connectivity index (χ1) is 11.2. The number of thiophene rings is 1. The van der Waals surface area contributed by atoms with Crippen molar-refractivity contribution in [3.8, 4) is 0 Å². The molecule has 118 valence electrons. The normalized spacial score (nSPS) is 10.7. The van der Waals surface area contributed by atoms with Crippen LogP contribution < -0.4 is 5.32 Å². The molecule has 0 fully saturated rings. The molecule has 0 saturated carbocycles. The summed E-state index contributed by atoms with van der Waals surface area (Å²) in [4.78, 5) is 14.4. The minimum Gasteiger partial charge on any atom is -0.459 e. The summed E-state index contributed by atoms with van der Waals surface area (Å²) >= 11 is 9.01. The highest BCUT2D eigenvalue weighted by atomic mass is 35.5. The van der Waals surface area contributed by atoms with E-state index in [0.29, 0.717) is 22.4 Å². The Morgan fingerprint density at radius 3 is 2.74 bits per heavy atom. The van der Waals surface area contributed by atoms with E-state index < -0.39 is 0 Å². The van der Waals surface area contributed by atoms with Crippen LogP contribution in [0.15, 0.2) is 64.1 Å². The lowest BCUT2D eigenvalue weighted by Crippen LogP contribution is -2.22. The molecule has 2 heterocycles. The molecule has 0 spiro atoms. The van der Waals surface area contributed by atoms with Crippen molar-refractivity contribution in [2.45, 2.75) is 17.2 Å². The van der Waals surface area contributed by atoms with Crippen molar-refractivity contribution in [2.24, 2.45) is 0 Å². The lowest BCUT2D eigenvalue weighted by Gasteiger charge is -2.04. The molecule has 3 aromatic rings. The van der Waals surface area contributed by atoms with Crippen LogP contribution in [0.25, 0.3) is 0 Å². The van der Waals surface area contributed by atoms with Crippen LogP contribution in [0.1, 0.15) is 21.0 Å². The molecule has 3 rings (SSSR count). The highest BCUT2D eigenvalue weighted by Crippen LogP contribution is 2.25. The second-order valence-corrected chi connectivity index (χ2v) is 7.61. The molecule has 0 saturated heterocycles. The van der Waals surface area contributed by atoms with Crippen molar-refractivity contribution in [1.82, 2.24) is 5.32 Å². The lowest BCUT2D eigenvalue weighted by molar-refractivity contribution is 0.0922. The molecule has 23 heavy (non-hydrogen) atoms. The first-order valence-corrected chi connectivity index (χ1v) is 9.17. The van der Waals surface area contributed by atoms with Crippen LogP contribution in [-0.2, 0) is 12.3 Å². The zero-order valence-electron chi connectivity index (χ0n) is 12.1. The third kappa shape index (κ3) is 4.41. The van der Waals surface area contributed by atoms with Gasteiger partial charge in [0.05, 0.1) is 17.1 Å². The molecule has 0 bridgehead atoms. The van der Waals surface area contributed by atoms with Gasteiger partial charge in [0.15, 0.2) is 5.76 Å². The average Bonchev–Trinajstić information content (AvgIpc) is 3.20. The molecule has 2 aromatic heterocycles. The number of hydrogen-bond acceptors (Lipinski definition) is 4. The minimum atomic E-state index is -0.205. The third-order valence-corrected chi connectivity index (χ3v) is 5.43. The summed E-state index contributed by atoms with van der Waals surface area (Å²) in [5.41, 5.74) is 0.889. The highest BCUT2D eigenvalue weighted by Gasteiger charge is 2.15. The van der Waals surface area contributed by atoms with Crippen LogP contribution >= 0.6 is 34.7 Å². The molecular weight excluding hydrogens is 350 g/mol. The Hall–Kier alpha value is -1.69. The Morgan fingerprint density at radius 1 is 1.17 bits per heavy atom. The Morgan fingerprint density at radius 2 is 2.00 bits per heavy atom. The van der Waals surface area contributed by atoms with Gasteiger partial charge in [-0.2, -0.15) is 0 Å². The van der Waals surface area contributed by atoms with Crippen molar-refractivity contribution in [3.63, 3.8) is 0 Å². The van der Waals surface area contributed by atoms with Gasteiger partial charge in [0, 0.05) is 21.1 Å². The number of nitrogens with one attached hydrogen (secondary N) is 1. The van der Waals surface area contributed by atoms with Crippen molar-refractivity contribution >= 4 is 40.6 Å². The predicted molar refractivity (Wildman–Crippen MR) is 95.2 cm³/mol. The predicted octanol–water partition coefficient (Wildman–Crippen LogP) is 5.22. The molecule has 0 aliphatic heterocycles. The third-order valence-electron chi connectivity index (χ3n) is 3.14. The van der Waals surface area contributed by atoms with Crippen LogP contribution in [0.3, 0.4) is 0 Å². The van der Waals surface area contributed by atoms with E-state index in [-0.39, 0.29) is 5.91 Å². The number of hydrogen-bond donors (Lipinski definition) is 1. The molecule has 1 amide bonds. The second kappa shape index (κ2) is 7.73. The highest BCUT2D eigenvalue weighted by molar-refractivity contribution is 7.98. The Labute approximate surface area is 147 Å². The maximum absolute atomic E-state index is 12.3. The summed E-state index contributed by atoms with van der Waals surface area (Å²) < 4.78 is 6.08. The van der Waals surface area contributed by atoms with Gasteiger partial charge in [-0.15, -0.1) is 23.1 Å². The number of benzene rings is 1. The summed E-state index contributed by atoms with van der Waals surface area (Å²) in [6.07, 6.45) is 1.55. The van der Waals surface area contributed by atoms with Gasteiger partial charge in [0.25, 0.3) is 5.91 Å². The molecule has 1 N–H and O–H groups in total. The fraction of sp³-hybridized carbons (Fsp3) is 0.118. The summed E-state index contributed by atoms with van der Waals surface area (Å²) in [5.74, 6) is 0.855. The second-order valence-electron chi connectivity index (χ2n) is 4.77. The number of thioether (sulfide) groups is 1. The zero-order valence-corrected chi connectivity index (χ0v) is 14.5. The van der Waals surface area contributed by atoms with E-state index in [1.54, 1.807) is 18.0 Å². The number of rotatable bonds is 6. The zero-order chi connectivity index (χ0) is 16.1. The van der Waals surface area contributed by atoms with E-state index >= 15 is 0 Å². The van der Waals surface area contributed by atoms with Gasteiger partial charge in [0.2, 0.25) is 0 Å². The summed E-state index contributed by atoms with van der Waals surface area (Å²) in [6, 6.07) is 15.6. The van der Waals surface area contributed by atoms with Crippen molar-refractivity contribution in [3.05, 3.63) is 75.3 Å². The maximum atomic E-state index is 12.3. The monoisotopic (exact) mass is 363 g/mol. The van der Waals surface area contributed by atoms with E-state index in [1.807, 2.05) is 48.5 Å². The first kappa shape index (κ1) is 16.2. The topological polar surface area (TPSA) is 42.2 Å². The van der Waals surface area contributed by atoms with Gasteiger partial charge in [-0.1, -0.05) is 29.8 Å². The van der Waals surface area contributed by atoms with Gasteiger partial charge in [-0.25, -0.2) is 0 Å². The molecule has 0 radical (unpaired) electrons. The minimum absolute atomic E-state index is 0.205. The Kier molecular flexibility index (Phi) is 5.43. The van der Waals surface area contributed by atoms with Crippen LogP contribution in [-0.4, -0.2) is 5.91 Å². The standard InChI is InChI=1S/C17H14ClNO2S2/c18-15-7-6-14(23-15)10-19-17(20)16-12(8-9-21-16)11-22-13-4-2-1-3-5-13/h1-9H,10-11H2,(H,19,20). The fourth-order valence-corrected chi connectivity index (χ4v) is 3.95. The van der Waals surface area contributed by atoms with E-state index in [0.717, 1.165) is 15.3 Å². The van der Waals surface area contributed by atoms with Gasteiger partial charge in [0.1, 0.15) is 0 Å². The Bertz CT molecular complexity index is 783. The maximum Gasteiger partial charge on any atom is 0.287 e. The quantitative estimate of drug-likeness (QED) is 0.611. The fourth-order valence-electron chi connectivity index (χ4n) is 2.02. The summed E-state index contributed by atoms with van der Waals surface area (Å²) in [7, 11) is 0. The SMILES string of the molecule is O=C(NCc1ccc(Cl)s1)c1occc1CSc1ccccc1. The number of halogens is 1. The Balaban J connectivity index is 1.59. The molecule has 1 aromatic carbocycles. The summed E-state index contributed by atoms with van der Waals surface area (Å²) in [5, 5.41) is 2.86. The largest absolute Gasteiger partial charge is 0.459 e. The van der Waals surface area contributed by atoms with E-state index in [1.165, 1.54) is 11.3 Å². The van der Waals surface area contributed by atoms with Gasteiger partial charge in [-0.05, 0) is 30.3 Å². The van der Waals surface area contributed by atoms with Gasteiger partial charge < -0.3 is 9.73 Å². The number of amides is 1. The van der Waals surface area contributed by atoms with Crippen LogP contribution in [0.2, 0.25) is 4.34 Å². The van der Waals surface area contributed by atoms with Crippen LogP contribution in [0.4, 0.5) is 0 Å². The van der Waals surface area contributed by atoms with Crippen molar-refractivity contribution in [1.29, 1.82) is 0 Å². The van der Waals surface area contributed by atoms with Gasteiger partial charge in [-0.3, -0.25) is 4.79 Å². The van der Waals surface area contributed by atoms with Crippen LogP contribution in [0.5, 0.6) is 0 Å². The number of carbonyl (C=O) groups excluding carboxylic acids is 1. The molecular formula is C17H14ClNO2S2. The first-order valence-electron chi connectivity index (χ1n) is 6.99. The van der Waals surface area contributed by atoms with Crippen molar-refractivity contribution < 1.29 is 9.21 Å². The lowest BCUT2D eigenvalue weighted by atomic mass is 10.2.